The first-order valence-corrected chi connectivity index (χ1v) is 9.39. The molecule has 6 nitrogen and oxygen atoms in total. The number of fused-ring (bicyclic) bond motifs is 3. The highest BCUT2D eigenvalue weighted by Gasteiger charge is 2.20. The number of thioether (sulfide) groups is 1. The molecule has 4 rings (SSSR count). The van der Waals surface area contributed by atoms with Crippen molar-refractivity contribution in [3.8, 4) is 17.5 Å². The molecule has 132 valence electrons. The van der Waals surface area contributed by atoms with E-state index in [9.17, 15) is 15.4 Å². The molecule has 3 aromatic carbocycles. The van der Waals surface area contributed by atoms with Crippen molar-refractivity contribution in [3.63, 3.8) is 0 Å². The fourth-order valence-electron chi connectivity index (χ4n) is 3.41. The Labute approximate surface area is 159 Å². The van der Waals surface area contributed by atoms with Crippen molar-refractivity contribution in [1.29, 1.82) is 5.26 Å². The van der Waals surface area contributed by atoms with Crippen LogP contribution in [0.4, 0.5) is 5.69 Å². The Morgan fingerprint density at radius 3 is 2.41 bits per heavy atom. The molecule has 0 aliphatic heterocycles. The van der Waals surface area contributed by atoms with E-state index in [-0.39, 0.29) is 5.69 Å². The SMILES string of the molecule is CSc1c(C#N)c2ccccc2c2c1nc(-c1ccc([N+](=O)[O-])cc1)n2C. The molecule has 0 spiro atoms. The van der Waals surface area contributed by atoms with Crippen LogP contribution in [0.5, 0.6) is 0 Å². The summed E-state index contributed by atoms with van der Waals surface area (Å²) in [5.74, 6) is 0.704. The summed E-state index contributed by atoms with van der Waals surface area (Å²) in [6.07, 6.45) is 1.94. The molecule has 0 aliphatic rings. The molecule has 0 amide bonds. The van der Waals surface area contributed by atoms with Crippen LogP contribution in [0.25, 0.3) is 33.2 Å². The Hall–Kier alpha value is -3.37. The first-order valence-electron chi connectivity index (χ1n) is 8.17. The minimum Gasteiger partial charge on any atom is -0.327 e. The van der Waals surface area contributed by atoms with Crippen molar-refractivity contribution in [2.75, 3.05) is 6.26 Å². The number of hydrogen-bond donors (Lipinski definition) is 0. The van der Waals surface area contributed by atoms with E-state index in [0.29, 0.717) is 11.4 Å². The largest absolute Gasteiger partial charge is 0.327 e. The number of nitro groups is 1. The molecule has 0 N–H and O–H groups in total. The van der Waals surface area contributed by atoms with Crippen molar-refractivity contribution >= 4 is 39.3 Å². The van der Waals surface area contributed by atoms with Gasteiger partial charge < -0.3 is 4.57 Å². The van der Waals surface area contributed by atoms with Crippen molar-refractivity contribution < 1.29 is 4.92 Å². The molecule has 0 atom stereocenters. The lowest BCUT2D eigenvalue weighted by molar-refractivity contribution is -0.384. The first kappa shape index (κ1) is 17.1. The molecule has 0 fully saturated rings. The molecule has 0 saturated carbocycles. The summed E-state index contributed by atoms with van der Waals surface area (Å²) in [6.45, 7) is 0. The van der Waals surface area contributed by atoms with Gasteiger partial charge in [-0.1, -0.05) is 24.3 Å². The summed E-state index contributed by atoms with van der Waals surface area (Å²) < 4.78 is 1.99. The van der Waals surface area contributed by atoms with Crippen LogP contribution < -0.4 is 0 Å². The Morgan fingerprint density at radius 2 is 1.81 bits per heavy atom. The van der Waals surface area contributed by atoms with Gasteiger partial charge in [-0.3, -0.25) is 10.1 Å². The molecule has 0 bridgehead atoms. The van der Waals surface area contributed by atoms with Crippen LogP contribution in [0.2, 0.25) is 0 Å². The van der Waals surface area contributed by atoms with E-state index >= 15 is 0 Å². The summed E-state index contributed by atoms with van der Waals surface area (Å²) in [5.41, 5.74) is 3.17. The number of nitriles is 1. The van der Waals surface area contributed by atoms with Gasteiger partial charge in [0.05, 0.1) is 20.9 Å². The monoisotopic (exact) mass is 374 g/mol. The lowest BCUT2D eigenvalue weighted by Crippen LogP contribution is -1.94. The third kappa shape index (κ3) is 2.54. The quantitative estimate of drug-likeness (QED) is 0.289. The number of imidazole rings is 1. The second-order valence-corrected chi connectivity index (χ2v) is 6.88. The van der Waals surface area contributed by atoms with E-state index < -0.39 is 4.92 Å². The van der Waals surface area contributed by atoms with E-state index in [4.69, 9.17) is 4.98 Å². The summed E-state index contributed by atoms with van der Waals surface area (Å²) in [7, 11) is 1.93. The zero-order valence-corrected chi connectivity index (χ0v) is 15.4. The molecule has 0 saturated heterocycles. The highest BCUT2D eigenvalue weighted by atomic mass is 32.2. The second-order valence-electron chi connectivity index (χ2n) is 6.06. The second kappa shape index (κ2) is 6.41. The molecule has 27 heavy (non-hydrogen) atoms. The molecule has 0 unspecified atom stereocenters. The summed E-state index contributed by atoms with van der Waals surface area (Å²) in [5, 5.41) is 22.5. The minimum absolute atomic E-state index is 0.0412. The van der Waals surface area contributed by atoms with E-state index in [1.165, 1.54) is 23.9 Å². The van der Waals surface area contributed by atoms with Gasteiger partial charge in [-0.2, -0.15) is 5.26 Å². The number of aryl methyl sites for hydroxylation is 1. The third-order valence-electron chi connectivity index (χ3n) is 4.64. The summed E-state index contributed by atoms with van der Waals surface area (Å²) >= 11 is 1.50. The van der Waals surface area contributed by atoms with Crippen molar-refractivity contribution in [3.05, 3.63) is 64.2 Å². The molecule has 7 heteroatoms. The van der Waals surface area contributed by atoms with Gasteiger partial charge in [-0.05, 0) is 18.4 Å². The van der Waals surface area contributed by atoms with Crippen molar-refractivity contribution in [2.24, 2.45) is 7.05 Å². The van der Waals surface area contributed by atoms with Gasteiger partial charge in [-0.25, -0.2) is 4.98 Å². The average Bonchev–Trinajstić information content (AvgIpc) is 3.04. The van der Waals surface area contributed by atoms with E-state index in [2.05, 4.69) is 6.07 Å². The molecule has 0 aliphatic carbocycles. The predicted molar refractivity (Wildman–Crippen MR) is 107 cm³/mol. The topological polar surface area (TPSA) is 84.8 Å². The molecular formula is C20H14N4O2S. The fourth-order valence-corrected chi connectivity index (χ4v) is 4.11. The van der Waals surface area contributed by atoms with Gasteiger partial charge >= 0.3 is 0 Å². The molecular weight excluding hydrogens is 360 g/mol. The number of benzene rings is 3. The van der Waals surface area contributed by atoms with Crippen molar-refractivity contribution in [1.82, 2.24) is 9.55 Å². The Morgan fingerprint density at radius 1 is 1.15 bits per heavy atom. The van der Waals surface area contributed by atoms with E-state index in [0.717, 1.165) is 32.3 Å². The maximum absolute atomic E-state index is 10.9. The van der Waals surface area contributed by atoms with Crippen LogP contribution in [0.1, 0.15) is 5.56 Å². The number of non-ortho nitro benzene ring substituents is 1. The zero-order valence-electron chi connectivity index (χ0n) is 14.6. The van der Waals surface area contributed by atoms with E-state index in [1.807, 2.05) is 42.1 Å². The van der Waals surface area contributed by atoms with Crippen LogP contribution in [0.3, 0.4) is 0 Å². The van der Waals surface area contributed by atoms with Crippen LogP contribution in [0.15, 0.2) is 53.4 Å². The lowest BCUT2D eigenvalue weighted by atomic mass is 10.0. The number of aromatic nitrogens is 2. The van der Waals surface area contributed by atoms with Gasteiger partial charge in [0.15, 0.2) is 0 Å². The maximum atomic E-state index is 10.9. The van der Waals surface area contributed by atoms with Crippen LogP contribution >= 0.6 is 11.8 Å². The standard InChI is InChI=1S/C20H14N4O2S/c1-23-18-15-6-4-3-5-14(15)16(11-21)19(27-2)17(18)22-20(23)12-7-9-13(10-8-12)24(25)26/h3-10H,1-2H3. The van der Waals surface area contributed by atoms with E-state index in [1.54, 1.807) is 12.1 Å². The highest BCUT2D eigenvalue weighted by Crippen LogP contribution is 2.38. The molecule has 1 aromatic heterocycles. The summed E-state index contributed by atoms with van der Waals surface area (Å²) in [4.78, 5) is 16.1. The van der Waals surface area contributed by atoms with Gasteiger partial charge in [0.2, 0.25) is 0 Å². The Kier molecular flexibility index (Phi) is 4.05. The highest BCUT2D eigenvalue weighted by molar-refractivity contribution is 7.98. The Bertz CT molecular complexity index is 1250. The predicted octanol–water partition coefficient (Wildman–Crippen LogP) is 4.90. The first-order chi connectivity index (χ1) is 13.1. The van der Waals surface area contributed by atoms with Gasteiger partial charge in [0.25, 0.3) is 5.69 Å². The number of rotatable bonds is 3. The normalized spacial score (nSPS) is 11.0. The third-order valence-corrected chi connectivity index (χ3v) is 5.45. The zero-order chi connectivity index (χ0) is 19.1. The fraction of sp³-hybridized carbons (Fsp3) is 0.100. The van der Waals surface area contributed by atoms with Gasteiger partial charge in [0.1, 0.15) is 17.4 Å². The minimum atomic E-state index is -0.419. The summed E-state index contributed by atoms with van der Waals surface area (Å²) in [6, 6.07) is 16.5. The van der Waals surface area contributed by atoms with Gasteiger partial charge in [0, 0.05) is 35.5 Å². The molecule has 1 heterocycles. The van der Waals surface area contributed by atoms with Crippen LogP contribution in [0, 0.1) is 21.4 Å². The number of nitro benzene ring substituents is 1. The van der Waals surface area contributed by atoms with Gasteiger partial charge in [-0.15, -0.1) is 11.8 Å². The lowest BCUT2D eigenvalue weighted by Gasteiger charge is -2.09. The number of nitrogens with zero attached hydrogens (tertiary/aromatic N) is 4. The Balaban J connectivity index is 2.08. The molecule has 0 radical (unpaired) electrons. The smallest absolute Gasteiger partial charge is 0.269 e. The number of hydrogen-bond acceptors (Lipinski definition) is 5. The maximum Gasteiger partial charge on any atom is 0.269 e. The average molecular weight is 374 g/mol. The molecule has 4 aromatic rings. The van der Waals surface area contributed by atoms with Crippen LogP contribution in [-0.2, 0) is 7.05 Å². The van der Waals surface area contributed by atoms with Crippen molar-refractivity contribution in [2.45, 2.75) is 4.90 Å². The van der Waals surface area contributed by atoms with Crippen LogP contribution in [-0.4, -0.2) is 20.7 Å².